The van der Waals surface area contributed by atoms with Gasteiger partial charge in [-0.15, -0.1) is 0 Å². The van der Waals surface area contributed by atoms with Crippen molar-refractivity contribution in [2.75, 3.05) is 13.2 Å². The summed E-state index contributed by atoms with van der Waals surface area (Å²) in [7, 11) is 0. The summed E-state index contributed by atoms with van der Waals surface area (Å²) in [5.41, 5.74) is 0. The lowest BCUT2D eigenvalue weighted by Crippen LogP contribution is -2.30. The molecule has 65 heavy (non-hydrogen) atoms. The highest BCUT2D eigenvalue weighted by Crippen LogP contribution is 2.16. The first kappa shape index (κ1) is 62.6. The van der Waals surface area contributed by atoms with Crippen LogP contribution in [0, 0.1) is 0 Å². The van der Waals surface area contributed by atoms with Gasteiger partial charge in [-0.1, -0.05) is 243 Å². The van der Waals surface area contributed by atoms with Gasteiger partial charge in [-0.05, 0) is 77.0 Å². The molecule has 0 radical (unpaired) electrons. The van der Waals surface area contributed by atoms with E-state index < -0.39 is 6.10 Å². The second-order valence-corrected chi connectivity index (χ2v) is 19.2. The Hall–Kier alpha value is -2.37. The lowest BCUT2D eigenvalue weighted by atomic mass is 10.0. The molecule has 6 heteroatoms. The molecule has 0 aliphatic carbocycles. The third-order valence-electron chi connectivity index (χ3n) is 12.6. The zero-order valence-corrected chi connectivity index (χ0v) is 43.5. The fourth-order valence-electron chi connectivity index (χ4n) is 8.29. The number of allylic oxidation sites excluding steroid dienone is 6. The molecule has 0 amide bonds. The van der Waals surface area contributed by atoms with Crippen LogP contribution in [0.25, 0.3) is 0 Å². The van der Waals surface area contributed by atoms with Crippen LogP contribution in [-0.4, -0.2) is 37.2 Å². The smallest absolute Gasteiger partial charge is 0.306 e. The van der Waals surface area contributed by atoms with Crippen LogP contribution >= 0.6 is 0 Å². The maximum absolute atomic E-state index is 12.8. The Kier molecular flexibility index (Phi) is 52.3. The van der Waals surface area contributed by atoms with Gasteiger partial charge in [-0.3, -0.25) is 14.4 Å². The molecule has 1 unspecified atom stereocenters. The maximum Gasteiger partial charge on any atom is 0.306 e. The normalized spacial score (nSPS) is 12.2. The third kappa shape index (κ3) is 52.5. The minimum absolute atomic E-state index is 0.0720. The van der Waals surface area contributed by atoms with E-state index >= 15 is 0 Å². The molecule has 0 aromatic rings. The minimum atomic E-state index is -0.770. The molecule has 0 aliphatic heterocycles. The van der Waals surface area contributed by atoms with Gasteiger partial charge in [0.1, 0.15) is 13.2 Å². The van der Waals surface area contributed by atoms with Gasteiger partial charge in [0.05, 0.1) is 0 Å². The van der Waals surface area contributed by atoms with Crippen LogP contribution in [0.3, 0.4) is 0 Å². The molecule has 0 fully saturated rings. The summed E-state index contributed by atoms with van der Waals surface area (Å²) < 4.78 is 16.8. The van der Waals surface area contributed by atoms with E-state index in [0.717, 1.165) is 64.2 Å². The van der Waals surface area contributed by atoms with Gasteiger partial charge in [0.15, 0.2) is 6.10 Å². The van der Waals surface area contributed by atoms with Crippen LogP contribution in [0.4, 0.5) is 0 Å². The lowest BCUT2D eigenvalue weighted by Gasteiger charge is -2.18. The first-order chi connectivity index (χ1) is 32.0. The zero-order chi connectivity index (χ0) is 47.2. The van der Waals surface area contributed by atoms with Gasteiger partial charge < -0.3 is 14.2 Å². The van der Waals surface area contributed by atoms with Crippen molar-refractivity contribution in [3.8, 4) is 0 Å². The van der Waals surface area contributed by atoms with Crippen LogP contribution < -0.4 is 0 Å². The summed E-state index contributed by atoms with van der Waals surface area (Å²) in [5, 5.41) is 0. The highest BCUT2D eigenvalue weighted by molar-refractivity contribution is 5.71. The number of unbranched alkanes of at least 4 members (excludes halogenated alkanes) is 35. The van der Waals surface area contributed by atoms with E-state index in [0.29, 0.717) is 19.3 Å². The largest absolute Gasteiger partial charge is 0.462 e. The Balaban J connectivity index is 4.16. The molecule has 1 atom stereocenters. The minimum Gasteiger partial charge on any atom is -0.462 e. The van der Waals surface area contributed by atoms with Crippen LogP contribution in [0.2, 0.25) is 0 Å². The van der Waals surface area contributed by atoms with Crippen molar-refractivity contribution < 1.29 is 28.6 Å². The molecular weight excluding hydrogens is 805 g/mol. The van der Waals surface area contributed by atoms with Gasteiger partial charge in [0, 0.05) is 19.3 Å². The number of hydrogen-bond acceptors (Lipinski definition) is 6. The fraction of sp³-hybridized carbons (Fsp3) is 0.847. The molecular formula is C59H108O6. The average molecular weight is 914 g/mol. The summed E-state index contributed by atoms with van der Waals surface area (Å²) in [6, 6.07) is 0. The van der Waals surface area contributed by atoms with Crippen LogP contribution in [-0.2, 0) is 28.6 Å². The van der Waals surface area contributed by atoms with Crippen LogP contribution in [0.15, 0.2) is 36.5 Å². The van der Waals surface area contributed by atoms with Crippen LogP contribution in [0.5, 0.6) is 0 Å². The monoisotopic (exact) mass is 913 g/mol. The second-order valence-electron chi connectivity index (χ2n) is 19.2. The number of carbonyl (C=O) groups is 3. The summed E-state index contributed by atoms with van der Waals surface area (Å²) in [4.78, 5) is 37.9. The average Bonchev–Trinajstić information content (AvgIpc) is 3.30. The molecule has 6 nitrogen and oxygen atoms in total. The molecule has 0 rings (SSSR count). The predicted molar refractivity (Wildman–Crippen MR) is 279 cm³/mol. The Morgan fingerprint density at radius 1 is 0.308 bits per heavy atom. The Labute approximate surface area is 404 Å². The Morgan fingerprint density at radius 2 is 0.554 bits per heavy atom. The molecule has 380 valence electrons. The highest BCUT2D eigenvalue weighted by atomic mass is 16.6. The first-order valence-electron chi connectivity index (χ1n) is 28.5. The molecule has 0 N–H and O–H groups in total. The van der Waals surface area contributed by atoms with Crippen molar-refractivity contribution in [1.29, 1.82) is 0 Å². The van der Waals surface area contributed by atoms with Crippen molar-refractivity contribution >= 4 is 17.9 Å². The topological polar surface area (TPSA) is 78.9 Å². The quantitative estimate of drug-likeness (QED) is 0.0262. The number of esters is 3. The maximum atomic E-state index is 12.8. The summed E-state index contributed by atoms with van der Waals surface area (Å²) >= 11 is 0. The standard InChI is InChI=1S/C59H108O6/c1-4-7-10-13-16-18-20-22-24-26-27-28-29-30-31-33-34-36-38-40-43-46-49-52-58(61)64-55-56(54-63-57(60)51-48-45-42-15-12-9-6-3)65-59(62)53-50-47-44-41-39-37-35-32-25-23-21-19-17-14-11-8-5-2/h20,22-23,25-27,56H,4-19,21,24,28-55H2,1-3H3/b22-20-,25-23-,27-26-. The van der Waals surface area contributed by atoms with Gasteiger partial charge >= 0.3 is 17.9 Å². The number of ether oxygens (including phenoxy) is 3. The third-order valence-corrected chi connectivity index (χ3v) is 12.6. The van der Waals surface area contributed by atoms with E-state index in [9.17, 15) is 14.4 Å². The van der Waals surface area contributed by atoms with E-state index in [1.165, 1.54) is 199 Å². The summed E-state index contributed by atoms with van der Waals surface area (Å²) in [6.45, 7) is 6.61. The lowest BCUT2D eigenvalue weighted by molar-refractivity contribution is -0.167. The first-order valence-corrected chi connectivity index (χ1v) is 28.5. The summed E-state index contributed by atoms with van der Waals surface area (Å²) in [6.07, 6.45) is 64.4. The molecule has 0 saturated carbocycles. The summed E-state index contributed by atoms with van der Waals surface area (Å²) in [5.74, 6) is -0.872. The number of rotatable bonds is 52. The molecule has 0 saturated heterocycles. The van der Waals surface area contributed by atoms with Crippen molar-refractivity contribution in [3.05, 3.63) is 36.5 Å². The van der Waals surface area contributed by atoms with E-state index in [1.54, 1.807) is 0 Å². The van der Waals surface area contributed by atoms with Crippen molar-refractivity contribution in [2.45, 2.75) is 309 Å². The molecule has 0 bridgehead atoms. The van der Waals surface area contributed by atoms with Gasteiger partial charge in [-0.2, -0.15) is 0 Å². The van der Waals surface area contributed by atoms with E-state index in [4.69, 9.17) is 14.2 Å². The Bertz CT molecular complexity index is 1090. The number of carbonyl (C=O) groups excluding carboxylic acids is 3. The zero-order valence-electron chi connectivity index (χ0n) is 43.5. The second kappa shape index (κ2) is 54.2. The van der Waals surface area contributed by atoms with Crippen LogP contribution in [0.1, 0.15) is 303 Å². The van der Waals surface area contributed by atoms with Crippen molar-refractivity contribution in [1.82, 2.24) is 0 Å². The molecule has 0 heterocycles. The van der Waals surface area contributed by atoms with Gasteiger partial charge in [-0.25, -0.2) is 0 Å². The number of hydrogen-bond donors (Lipinski definition) is 0. The Morgan fingerprint density at radius 3 is 0.862 bits per heavy atom. The van der Waals surface area contributed by atoms with Gasteiger partial charge in [0.2, 0.25) is 0 Å². The van der Waals surface area contributed by atoms with Crippen molar-refractivity contribution in [3.63, 3.8) is 0 Å². The molecule has 0 aliphatic rings. The van der Waals surface area contributed by atoms with Gasteiger partial charge in [0.25, 0.3) is 0 Å². The highest BCUT2D eigenvalue weighted by Gasteiger charge is 2.19. The van der Waals surface area contributed by atoms with E-state index in [1.807, 2.05) is 0 Å². The molecule has 0 spiro atoms. The van der Waals surface area contributed by atoms with E-state index in [2.05, 4.69) is 57.2 Å². The molecule has 0 aromatic heterocycles. The fourth-order valence-corrected chi connectivity index (χ4v) is 8.29. The predicted octanol–water partition coefficient (Wildman–Crippen LogP) is 18.9. The molecule has 0 aromatic carbocycles. The van der Waals surface area contributed by atoms with Crippen molar-refractivity contribution in [2.24, 2.45) is 0 Å². The van der Waals surface area contributed by atoms with E-state index in [-0.39, 0.29) is 31.1 Å². The SMILES string of the molecule is CCCCCCC/C=C\C/C=C\CCCCCCCCCCCCCC(=O)OCC(COC(=O)CCCCCCCCC)OC(=O)CCCCCCCCC/C=C\CCCCCCCC.